The Morgan fingerprint density at radius 1 is 1.45 bits per heavy atom. The molecule has 0 unspecified atom stereocenters. The van der Waals surface area contributed by atoms with Crippen LogP contribution in [0.1, 0.15) is 47.0 Å². The number of aromatic nitrogens is 3. The van der Waals surface area contributed by atoms with Crippen LogP contribution < -0.4 is 0 Å². The summed E-state index contributed by atoms with van der Waals surface area (Å²) in [5, 5.41) is 4.05. The number of rotatable bonds is 8. The maximum atomic E-state index is 12.6. The second kappa shape index (κ2) is 7.22. The summed E-state index contributed by atoms with van der Waals surface area (Å²) < 4.78 is 7.50. The monoisotopic (exact) mass is 308 g/mol. The van der Waals surface area contributed by atoms with Crippen molar-refractivity contribution >= 4 is 5.91 Å². The molecule has 1 amide bonds. The lowest BCUT2D eigenvalue weighted by Gasteiger charge is -2.55. The minimum atomic E-state index is 0.0219. The number of carbonyl (C=O) groups excluding carboxylic acids is 1. The molecule has 1 aromatic heterocycles. The summed E-state index contributed by atoms with van der Waals surface area (Å²) in [4.78, 5) is 18.6. The number of carbonyl (C=O) groups is 1. The predicted octanol–water partition coefficient (Wildman–Crippen LogP) is 2.11. The fraction of sp³-hybridized carbons (Fsp3) is 0.812. The van der Waals surface area contributed by atoms with Gasteiger partial charge in [-0.2, -0.15) is 5.10 Å². The van der Waals surface area contributed by atoms with E-state index in [1.165, 1.54) is 6.33 Å². The number of amides is 1. The van der Waals surface area contributed by atoms with Crippen molar-refractivity contribution in [2.45, 2.75) is 65.6 Å². The topological polar surface area (TPSA) is 60.2 Å². The summed E-state index contributed by atoms with van der Waals surface area (Å²) in [6, 6.07) is 0.271. The Hall–Kier alpha value is -1.43. The zero-order chi connectivity index (χ0) is 16.2. The molecule has 0 spiro atoms. The van der Waals surface area contributed by atoms with E-state index in [1.54, 1.807) is 11.0 Å². The fourth-order valence-corrected chi connectivity index (χ4v) is 3.27. The van der Waals surface area contributed by atoms with Gasteiger partial charge in [-0.3, -0.25) is 9.48 Å². The first-order valence-corrected chi connectivity index (χ1v) is 8.24. The highest BCUT2D eigenvalue weighted by atomic mass is 16.5. The molecule has 22 heavy (non-hydrogen) atoms. The van der Waals surface area contributed by atoms with E-state index in [1.807, 2.05) is 11.8 Å². The van der Waals surface area contributed by atoms with Crippen LogP contribution in [0.2, 0.25) is 0 Å². The summed E-state index contributed by atoms with van der Waals surface area (Å²) in [6.07, 6.45) is 5.78. The molecule has 124 valence electrons. The Morgan fingerprint density at radius 3 is 2.77 bits per heavy atom. The van der Waals surface area contributed by atoms with Gasteiger partial charge in [0.25, 0.3) is 0 Å². The highest BCUT2D eigenvalue weighted by Gasteiger charge is 2.52. The molecule has 1 aliphatic rings. The third-order valence-corrected chi connectivity index (χ3v) is 4.68. The van der Waals surface area contributed by atoms with E-state index < -0.39 is 0 Å². The molecule has 1 fully saturated rings. The molecule has 0 saturated heterocycles. The summed E-state index contributed by atoms with van der Waals surface area (Å²) in [5.74, 6) is 0.199. The number of aryl methyl sites for hydroxylation is 1. The van der Waals surface area contributed by atoms with Crippen LogP contribution in [0.3, 0.4) is 0 Å². The van der Waals surface area contributed by atoms with Crippen molar-refractivity contribution in [2.75, 3.05) is 13.2 Å². The largest absolute Gasteiger partial charge is 0.378 e. The van der Waals surface area contributed by atoms with Crippen LogP contribution in [-0.4, -0.2) is 50.9 Å². The van der Waals surface area contributed by atoms with Crippen LogP contribution in [0.15, 0.2) is 12.7 Å². The molecule has 0 N–H and O–H groups in total. The number of hydrogen-bond acceptors (Lipinski definition) is 4. The molecule has 1 aliphatic carbocycles. The average molecular weight is 308 g/mol. The van der Waals surface area contributed by atoms with Crippen LogP contribution in [0.25, 0.3) is 0 Å². The molecule has 0 bridgehead atoms. The lowest BCUT2D eigenvalue weighted by atomic mass is 9.63. The van der Waals surface area contributed by atoms with Gasteiger partial charge in [0.05, 0.1) is 12.6 Å². The van der Waals surface area contributed by atoms with Crippen LogP contribution >= 0.6 is 0 Å². The Morgan fingerprint density at radius 2 is 2.23 bits per heavy atom. The van der Waals surface area contributed by atoms with Crippen molar-refractivity contribution in [2.24, 2.45) is 5.41 Å². The summed E-state index contributed by atoms with van der Waals surface area (Å²) in [7, 11) is 0. The lowest BCUT2D eigenvalue weighted by molar-refractivity contribution is -0.167. The minimum absolute atomic E-state index is 0.0219. The summed E-state index contributed by atoms with van der Waals surface area (Å²) in [5.41, 5.74) is 0.0219. The Balaban J connectivity index is 1.96. The van der Waals surface area contributed by atoms with Crippen molar-refractivity contribution in [1.82, 2.24) is 19.7 Å². The number of hydrogen-bond donors (Lipinski definition) is 0. The first kappa shape index (κ1) is 16.9. The standard InChI is InChI=1S/C16H28N4O2/c1-5-8-20(13-10-14(22-6-2)16(13,3)4)15(21)7-9-19-12-17-11-18-19/h11-14H,5-10H2,1-4H3/t13-,14+/m0/s1. The van der Waals surface area contributed by atoms with Gasteiger partial charge in [0, 0.05) is 31.0 Å². The van der Waals surface area contributed by atoms with E-state index in [2.05, 4.69) is 30.9 Å². The molecule has 0 aromatic carbocycles. The molecule has 2 rings (SSSR count). The van der Waals surface area contributed by atoms with Crippen molar-refractivity contribution < 1.29 is 9.53 Å². The normalized spacial score (nSPS) is 23.1. The summed E-state index contributed by atoms with van der Waals surface area (Å²) >= 11 is 0. The van der Waals surface area contributed by atoms with Crippen molar-refractivity contribution in [1.29, 1.82) is 0 Å². The molecule has 0 radical (unpaired) electrons. The van der Waals surface area contributed by atoms with Gasteiger partial charge in [-0.05, 0) is 19.8 Å². The number of ether oxygens (including phenoxy) is 1. The van der Waals surface area contributed by atoms with Crippen LogP contribution in [-0.2, 0) is 16.1 Å². The third kappa shape index (κ3) is 3.48. The van der Waals surface area contributed by atoms with E-state index in [9.17, 15) is 4.79 Å². The maximum absolute atomic E-state index is 12.6. The molecule has 2 atom stereocenters. The molecule has 0 aliphatic heterocycles. The van der Waals surface area contributed by atoms with Gasteiger partial charge in [0.2, 0.25) is 5.91 Å². The minimum Gasteiger partial charge on any atom is -0.378 e. The highest BCUT2D eigenvalue weighted by Crippen LogP contribution is 2.46. The predicted molar refractivity (Wildman–Crippen MR) is 84.2 cm³/mol. The quantitative estimate of drug-likeness (QED) is 0.738. The fourth-order valence-electron chi connectivity index (χ4n) is 3.27. The molecule has 6 nitrogen and oxygen atoms in total. The van der Waals surface area contributed by atoms with Crippen molar-refractivity contribution in [3.05, 3.63) is 12.7 Å². The second-order valence-electron chi connectivity index (χ2n) is 6.51. The van der Waals surface area contributed by atoms with E-state index >= 15 is 0 Å². The zero-order valence-corrected chi connectivity index (χ0v) is 14.2. The zero-order valence-electron chi connectivity index (χ0n) is 14.2. The third-order valence-electron chi connectivity index (χ3n) is 4.68. The Labute approximate surface area is 132 Å². The van der Waals surface area contributed by atoms with Crippen LogP contribution in [0.4, 0.5) is 0 Å². The average Bonchev–Trinajstić information content (AvgIpc) is 3.00. The van der Waals surface area contributed by atoms with Gasteiger partial charge in [-0.25, -0.2) is 4.98 Å². The lowest BCUT2D eigenvalue weighted by Crippen LogP contribution is -2.63. The van der Waals surface area contributed by atoms with E-state index in [4.69, 9.17) is 4.74 Å². The molecule has 1 heterocycles. The first-order valence-electron chi connectivity index (χ1n) is 8.24. The van der Waals surface area contributed by atoms with Gasteiger partial charge < -0.3 is 9.64 Å². The molecular formula is C16H28N4O2. The van der Waals surface area contributed by atoms with Gasteiger partial charge in [0.1, 0.15) is 12.7 Å². The van der Waals surface area contributed by atoms with Gasteiger partial charge in [-0.1, -0.05) is 20.8 Å². The van der Waals surface area contributed by atoms with Crippen molar-refractivity contribution in [3.8, 4) is 0 Å². The van der Waals surface area contributed by atoms with E-state index in [0.29, 0.717) is 13.0 Å². The van der Waals surface area contributed by atoms with Crippen molar-refractivity contribution in [3.63, 3.8) is 0 Å². The highest BCUT2D eigenvalue weighted by molar-refractivity contribution is 5.76. The molecular weight excluding hydrogens is 280 g/mol. The van der Waals surface area contributed by atoms with Gasteiger partial charge >= 0.3 is 0 Å². The SMILES string of the molecule is CCCN(C(=O)CCn1cncn1)[C@H]1C[C@@H](OCC)C1(C)C. The molecule has 1 saturated carbocycles. The summed E-state index contributed by atoms with van der Waals surface area (Å²) in [6.45, 7) is 10.7. The molecule has 1 aromatic rings. The van der Waals surface area contributed by atoms with E-state index in [-0.39, 0.29) is 23.5 Å². The van der Waals surface area contributed by atoms with Crippen LogP contribution in [0, 0.1) is 5.41 Å². The first-order chi connectivity index (χ1) is 10.5. The Bertz CT molecular complexity index is 473. The smallest absolute Gasteiger partial charge is 0.224 e. The maximum Gasteiger partial charge on any atom is 0.224 e. The van der Waals surface area contributed by atoms with Gasteiger partial charge in [0.15, 0.2) is 0 Å². The molecule has 6 heteroatoms. The Kier molecular flexibility index (Phi) is 5.56. The van der Waals surface area contributed by atoms with Crippen LogP contribution in [0.5, 0.6) is 0 Å². The number of nitrogens with zero attached hydrogens (tertiary/aromatic N) is 4. The van der Waals surface area contributed by atoms with E-state index in [0.717, 1.165) is 26.0 Å². The van der Waals surface area contributed by atoms with Gasteiger partial charge in [-0.15, -0.1) is 0 Å². The second-order valence-corrected chi connectivity index (χ2v) is 6.51.